The predicted molar refractivity (Wildman–Crippen MR) is 179 cm³/mol. The van der Waals surface area contributed by atoms with Gasteiger partial charge < -0.3 is 14.6 Å². The van der Waals surface area contributed by atoms with E-state index in [9.17, 15) is 28.8 Å². The number of hydrogen-bond donors (Lipinski definition) is 0. The van der Waals surface area contributed by atoms with Gasteiger partial charge >= 0.3 is 0 Å². The molecule has 2 aliphatic rings. The van der Waals surface area contributed by atoms with Crippen molar-refractivity contribution in [2.24, 2.45) is 29.6 Å². The second kappa shape index (κ2) is 17.3. The fourth-order valence-corrected chi connectivity index (χ4v) is 6.80. The second-order valence-electron chi connectivity index (χ2n) is 13.8. The molecule has 0 saturated carbocycles. The number of nitrogens with zero attached hydrogens (tertiary/aromatic N) is 2. The van der Waals surface area contributed by atoms with E-state index in [1.165, 1.54) is 11.8 Å². The highest BCUT2D eigenvalue weighted by Crippen LogP contribution is 2.30. The molecule has 1 aromatic rings. The number of rotatable bonds is 16. The van der Waals surface area contributed by atoms with E-state index in [2.05, 4.69) is 13.8 Å². The quantitative estimate of drug-likeness (QED) is 0.235. The highest BCUT2D eigenvalue weighted by atomic mass is 16.2. The Hall–Kier alpha value is -3.68. The molecule has 0 saturated heterocycles. The van der Waals surface area contributed by atoms with Gasteiger partial charge in [-0.05, 0) is 73.3 Å². The molecular weight excluding hydrogens is 580 g/mol. The molecule has 3 rings (SSSR count). The van der Waals surface area contributed by atoms with Gasteiger partial charge in [-0.2, -0.15) is 0 Å². The highest BCUT2D eigenvalue weighted by molar-refractivity contribution is 5.98. The van der Waals surface area contributed by atoms with E-state index in [1.807, 2.05) is 51.1 Å². The molecule has 0 aliphatic carbocycles. The number of Topliss-reactive ketones (excluding diaryl/α,β-unsaturated/α-hetero) is 2. The molecule has 2 heterocycles. The summed E-state index contributed by atoms with van der Waals surface area (Å²) in [4.78, 5) is 81.5. The van der Waals surface area contributed by atoms with Crippen molar-refractivity contribution < 1.29 is 28.8 Å². The monoisotopic (exact) mass is 632 g/mol. The molecule has 8 heteroatoms. The van der Waals surface area contributed by atoms with Crippen molar-refractivity contribution in [3.63, 3.8) is 0 Å². The van der Waals surface area contributed by atoms with E-state index in [0.29, 0.717) is 44.2 Å². The fourth-order valence-electron chi connectivity index (χ4n) is 6.80. The van der Waals surface area contributed by atoms with Crippen LogP contribution in [0.2, 0.25) is 0 Å². The Bertz CT molecular complexity index is 1340. The van der Waals surface area contributed by atoms with E-state index in [-0.39, 0.29) is 78.8 Å². The summed E-state index contributed by atoms with van der Waals surface area (Å²) in [5, 5.41) is 0. The van der Waals surface area contributed by atoms with Crippen LogP contribution in [0.25, 0.3) is 0 Å². The van der Waals surface area contributed by atoms with Crippen LogP contribution in [0.1, 0.15) is 85.6 Å². The Labute approximate surface area is 274 Å². The lowest BCUT2D eigenvalue weighted by Crippen LogP contribution is -2.46. The second-order valence-corrected chi connectivity index (χ2v) is 13.8. The summed E-state index contributed by atoms with van der Waals surface area (Å²) < 4.78 is 0. The van der Waals surface area contributed by atoms with Crippen LogP contribution in [0.5, 0.6) is 0 Å². The van der Waals surface area contributed by atoms with Gasteiger partial charge in [0.1, 0.15) is 11.6 Å². The first-order chi connectivity index (χ1) is 21.8. The SMILES string of the molecule is CCC(=O)C(CC1=CC(=O)CN(C(=O)C(CC2=CC(=O)CN(C(=O)C(CC(C)=O)Cc3ccccc3)C2)CC(C)C)C1)C(C)CC. The summed E-state index contributed by atoms with van der Waals surface area (Å²) in [6.07, 6.45) is 6.27. The Balaban J connectivity index is 1.77. The molecule has 2 aliphatic heterocycles. The van der Waals surface area contributed by atoms with Crippen molar-refractivity contribution in [2.45, 2.75) is 86.5 Å². The van der Waals surface area contributed by atoms with E-state index in [0.717, 1.165) is 17.6 Å². The Morgan fingerprint density at radius 3 is 1.78 bits per heavy atom. The zero-order valence-electron chi connectivity index (χ0n) is 28.6. The average Bonchev–Trinajstić information content (AvgIpc) is 3.01. The third kappa shape index (κ3) is 10.7. The highest BCUT2D eigenvalue weighted by Gasteiger charge is 2.34. The summed E-state index contributed by atoms with van der Waals surface area (Å²) in [6, 6.07) is 9.53. The molecule has 1 aromatic carbocycles. The van der Waals surface area contributed by atoms with Gasteiger partial charge in [0, 0.05) is 43.7 Å². The van der Waals surface area contributed by atoms with Gasteiger partial charge in [-0.25, -0.2) is 0 Å². The average molecular weight is 633 g/mol. The molecule has 0 N–H and O–H groups in total. The summed E-state index contributed by atoms with van der Waals surface area (Å²) >= 11 is 0. The maximum Gasteiger partial charge on any atom is 0.227 e. The third-order valence-electron chi connectivity index (χ3n) is 9.23. The Morgan fingerprint density at radius 2 is 1.28 bits per heavy atom. The van der Waals surface area contributed by atoms with Gasteiger partial charge in [-0.15, -0.1) is 0 Å². The molecule has 4 unspecified atom stereocenters. The number of carbonyl (C=O) groups excluding carboxylic acids is 6. The smallest absolute Gasteiger partial charge is 0.227 e. The molecule has 0 radical (unpaired) electrons. The van der Waals surface area contributed by atoms with Crippen LogP contribution in [-0.4, -0.2) is 70.9 Å². The molecule has 0 aromatic heterocycles. The molecule has 250 valence electrons. The number of amides is 2. The number of ketones is 4. The van der Waals surface area contributed by atoms with Crippen LogP contribution >= 0.6 is 0 Å². The number of benzene rings is 1. The molecule has 0 bridgehead atoms. The van der Waals surface area contributed by atoms with Crippen LogP contribution in [0, 0.1) is 29.6 Å². The normalized spacial score (nSPS) is 18.1. The molecule has 0 fully saturated rings. The van der Waals surface area contributed by atoms with Crippen LogP contribution in [-0.2, 0) is 35.2 Å². The largest absolute Gasteiger partial charge is 0.331 e. The Kier molecular flexibility index (Phi) is 13.8. The standard InChI is InChI=1S/C38H52N2O6/c1-7-26(5)35(36(44)8-2)20-30-19-34(43)24-40(22-30)37(45)31(14-25(3)4)17-29-18-33(42)23-39(21-29)38(46)32(15-27(6)41)16-28-12-10-9-11-13-28/h9-13,18-19,25-26,31-32,35H,7-8,14-17,20-24H2,1-6H3. The van der Waals surface area contributed by atoms with Crippen molar-refractivity contribution in [2.75, 3.05) is 26.2 Å². The first kappa shape index (κ1) is 36.8. The maximum absolute atomic E-state index is 14.0. The van der Waals surface area contributed by atoms with Crippen LogP contribution in [0.4, 0.5) is 0 Å². The molecule has 46 heavy (non-hydrogen) atoms. The first-order valence-electron chi connectivity index (χ1n) is 16.9. The van der Waals surface area contributed by atoms with Gasteiger partial charge in [0.05, 0.1) is 13.1 Å². The van der Waals surface area contributed by atoms with E-state index in [1.54, 1.807) is 17.1 Å². The maximum atomic E-state index is 14.0. The zero-order valence-corrected chi connectivity index (χ0v) is 28.6. The van der Waals surface area contributed by atoms with Crippen molar-refractivity contribution in [3.8, 4) is 0 Å². The zero-order chi connectivity index (χ0) is 34.0. The number of hydrogen-bond acceptors (Lipinski definition) is 6. The van der Waals surface area contributed by atoms with E-state index < -0.39 is 11.8 Å². The minimum Gasteiger partial charge on any atom is -0.331 e. The van der Waals surface area contributed by atoms with Gasteiger partial charge in [0.25, 0.3) is 0 Å². The molecule has 8 nitrogen and oxygen atoms in total. The summed E-state index contributed by atoms with van der Waals surface area (Å²) in [5.74, 6) is -1.54. The third-order valence-corrected chi connectivity index (χ3v) is 9.23. The van der Waals surface area contributed by atoms with Gasteiger partial charge in [0.15, 0.2) is 11.6 Å². The topological polar surface area (TPSA) is 109 Å². The lowest BCUT2D eigenvalue weighted by molar-refractivity contribution is -0.140. The summed E-state index contributed by atoms with van der Waals surface area (Å²) in [6.45, 7) is 12.0. The Morgan fingerprint density at radius 1 is 0.739 bits per heavy atom. The molecule has 2 amide bonds. The minimum atomic E-state index is -0.580. The van der Waals surface area contributed by atoms with Crippen molar-refractivity contribution in [1.29, 1.82) is 0 Å². The van der Waals surface area contributed by atoms with Gasteiger partial charge in [-0.3, -0.25) is 24.0 Å². The van der Waals surface area contributed by atoms with Crippen LogP contribution in [0.3, 0.4) is 0 Å². The molecule has 4 atom stereocenters. The van der Waals surface area contributed by atoms with E-state index >= 15 is 0 Å². The van der Waals surface area contributed by atoms with Crippen molar-refractivity contribution in [1.82, 2.24) is 9.80 Å². The fraction of sp³-hybridized carbons (Fsp3) is 0.579. The van der Waals surface area contributed by atoms with E-state index in [4.69, 9.17) is 0 Å². The van der Waals surface area contributed by atoms with Gasteiger partial charge in [0.2, 0.25) is 11.8 Å². The van der Waals surface area contributed by atoms with Crippen molar-refractivity contribution >= 4 is 34.9 Å². The first-order valence-corrected chi connectivity index (χ1v) is 16.9. The predicted octanol–water partition coefficient (Wildman–Crippen LogP) is 5.58. The lowest BCUT2D eigenvalue weighted by Gasteiger charge is -2.34. The number of carbonyl (C=O) groups is 6. The lowest BCUT2D eigenvalue weighted by atomic mass is 9.81. The minimum absolute atomic E-state index is 0.0124. The van der Waals surface area contributed by atoms with Crippen molar-refractivity contribution in [3.05, 3.63) is 59.2 Å². The molecular formula is C38H52N2O6. The molecule has 0 spiro atoms. The van der Waals surface area contributed by atoms with Crippen LogP contribution < -0.4 is 0 Å². The summed E-state index contributed by atoms with van der Waals surface area (Å²) in [7, 11) is 0. The summed E-state index contributed by atoms with van der Waals surface area (Å²) in [5.41, 5.74) is 2.45. The van der Waals surface area contributed by atoms with Crippen LogP contribution in [0.15, 0.2) is 53.6 Å². The van der Waals surface area contributed by atoms with Gasteiger partial charge in [-0.1, -0.05) is 71.4 Å².